The smallest absolute Gasteiger partial charge is 0.277 e. The van der Waals surface area contributed by atoms with Crippen LogP contribution in [0.1, 0.15) is 16.7 Å². The number of ether oxygens (including phenoxy) is 1. The molecular formula is C19H20N2O2. The summed E-state index contributed by atoms with van der Waals surface area (Å²) in [7, 11) is 0. The number of nitrogens with zero attached hydrogens (tertiary/aromatic N) is 1. The molecule has 0 aliphatic carbocycles. The predicted molar refractivity (Wildman–Crippen MR) is 93.5 cm³/mol. The molecule has 0 unspecified atom stereocenters. The number of amides is 1. The third-order valence-corrected chi connectivity index (χ3v) is 3.14. The van der Waals surface area contributed by atoms with Crippen molar-refractivity contribution in [2.45, 2.75) is 13.8 Å². The first-order valence-corrected chi connectivity index (χ1v) is 7.39. The lowest BCUT2D eigenvalue weighted by atomic mass is 10.1. The van der Waals surface area contributed by atoms with Crippen LogP contribution in [-0.2, 0) is 4.79 Å². The van der Waals surface area contributed by atoms with Gasteiger partial charge >= 0.3 is 0 Å². The molecule has 0 bridgehead atoms. The maximum absolute atomic E-state index is 11.7. The third-order valence-electron chi connectivity index (χ3n) is 3.14. The number of hydrogen-bond acceptors (Lipinski definition) is 3. The lowest BCUT2D eigenvalue weighted by Crippen LogP contribution is -2.24. The van der Waals surface area contributed by atoms with Crippen molar-refractivity contribution in [2.75, 3.05) is 6.61 Å². The lowest BCUT2D eigenvalue weighted by Gasteiger charge is -2.08. The third kappa shape index (κ3) is 5.79. The molecule has 0 aromatic heterocycles. The van der Waals surface area contributed by atoms with Gasteiger partial charge in [0.1, 0.15) is 5.75 Å². The predicted octanol–water partition coefficient (Wildman–Crippen LogP) is 3.50. The molecule has 0 atom stereocenters. The second-order valence-corrected chi connectivity index (χ2v) is 5.14. The van der Waals surface area contributed by atoms with Crippen molar-refractivity contribution >= 4 is 18.2 Å². The van der Waals surface area contributed by atoms with E-state index in [1.807, 2.05) is 68.5 Å². The van der Waals surface area contributed by atoms with Crippen molar-refractivity contribution in [3.05, 3.63) is 71.3 Å². The van der Waals surface area contributed by atoms with Gasteiger partial charge in [-0.05, 0) is 42.7 Å². The molecule has 1 amide bonds. The molecule has 1 N–H and O–H groups in total. The van der Waals surface area contributed by atoms with Crippen molar-refractivity contribution in [3.8, 4) is 5.75 Å². The molecule has 0 spiro atoms. The number of benzene rings is 2. The molecule has 0 heterocycles. The summed E-state index contributed by atoms with van der Waals surface area (Å²) in [4.78, 5) is 11.7. The van der Waals surface area contributed by atoms with Crippen LogP contribution < -0.4 is 10.2 Å². The molecule has 0 aliphatic rings. The summed E-state index contributed by atoms with van der Waals surface area (Å²) in [5.74, 6) is 0.420. The van der Waals surface area contributed by atoms with Crippen LogP contribution in [0.5, 0.6) is 5.75 Å². The Morgan fingerprint density at radius 1 is 1.17 bits per heavy atom. The fourth-order valence-electron chi connectivity index (χ4n) is 1.91. The van der Waals surface area contributed by atoms with Crippen LogP contribution in [0.3, 0.4) is 0 Å². The number of carbonyl (C=O) groups is 1. The van der Waals surface area contributed by atoms with E-state index in [1.165, 1.54) is 6.21 Å². The molecule has 0 saturated heterocycles. The molecular weight excluding hydrogens is 288 g/mol. The van der Waals surface area contributed by atoms with E-state index in [4.69, 9.17) is 4.74 Å². The topological polar surface area (TPSA) is 50.7 Å². The van der Waals surface area contributed by atoms with Crippen LogP contribution >= 0.6 is 0 Å². The van der Waals surface area contributed by atoms with Crippen LogP contribution in [0.15, 0.2) is 59.7 Å². The summed E-state index contributed by atoms with van der Waals surface area (Å²) in [5.41, 5.74) is 5.59. The Bertz CT molecular complexity index is 707. The first-order chi connectivity index (χ1) is 11.1. The van der Waals surface area contributed by atoms with Crippen LogP contribution in [0.2, 0.25) is 0 Å². The molecule has 0 fully saturated rings. The zero-order valence-electron chi connectivity index (χ0n) is 13.3. The summed E-state index contributed by atoms with van der Waals surface area (Å²) < 4.78 is 5.50. The standard InChI is InChI=1S/C19H20N2O2/c1-15-10-11-16(2)18(13-15)23-14-19(22)21-20-12-6-9-17-7-4-3-5-8-17/h3-13H,14H2,1-2H3,(H,21,22)/b9-6+,20-12+. The number of hydrazone groups is 1. The average molecular weight is 308 g/mol. The quantitative estimate of drug-likeness (QED) is 0.656. The van der Waals surface area contributed by atoms with Crippen molar-refractivity contribution < 1.29 is 9.53 Å². The fourth-order valence-corrected chi connectivity index (χ4v) is 1.91. The maximum Gasteiger partial charge on any atom is 0.277 e. The number of rotatable bonds is 6. The zero-order chi connectivity index (χ0) is 16.5. The van der Waals surface area contributed by atoms with Gasteiger partial charge in [-0.1, -0.05) is 48.5 Å². The number of hydrogen-bond donors (Lipinski definition) is 1. The molecule has 2 rings (SSSR count). The van der Waals surface area contributed by atoms with Crippen LogP contribution in [0.25, 0.3) is 6.08 Å². The number of carbonyl (C=O) groups excluding carboxylic acids is 1. The normalized spacial score (nSPS) is 11.0. The highest BCUT2D eigenvalue weighted by atomic mass is 16.5. The molecule has 2 aromatic rings. The SMILES string of the molecule is Cc1ccc(C)c(OCC(=O)N/N=C/C=C/c2ccccc2)c1. The van der Waals surface area contributed by atoms with E-state index in [9.17, 15) is 4.79 Å². The molecule has 23 heavy (non-hydrogen) atoms. The fraction of sp³-hybridized carbons (Fsp3) is 0.158. The summed E-state index contributed by atoms with van der Waals surface area (Å²) in [6.45, 7) is 3.86. The van der Waals surface area contributed by atoms with Gasteiger partial charge in [-0.3, -0.25) is 4.79 Å². The van der Waals surface area contributed by atoms with E-state index >= 15 is 0 Å². The highest BCUT2D eigenvalue weighted by molar-refractivity contribution is 5.82. The van der Waals surface area contributed by atoms with Crippen molar-refractivity contribution in [3.63, 3.8) is 0 Å². The summed E-state index contributed by atoms with van der Waals surface area (Å²) in [6, 6.07) is 15.7. The Hall–Kier alpha value is -2.88. The van der Waals surface area contributed by atoms with Crippen molar-refractivity contribution in [2.24, 2.45) is 5.10 Å². The van der Waals surface area contributed by atoms with Crippen molar-refractivity contribution in [1.29, 1.82) is 0 Å². The second kappa shape index (κ2) is 8.54. The molecule has 4 heteroatoms. The lowest BCUT2D eigenvalue weighted by molar-refractivity contribution is -0.123. The Morgan fingerprint density at radius 3 is 2.74 bits per heavy atom. The largest absolute Gasteiger partial charge is 0.483 e. The minimum Gasteiger partial charge on any atom is -0.483 e. The van der Waals surface area contributed by atoms with E-state index in [-0.39, 0.29) is 12.5 Å². The summed E-state index contributed by atoms with van der Waals surface area (Å²) in [5, 5.41) is 3.85. The van der Waals surface area contributed by atoms with Crippen LogP contribution in [0, 0.1) is 13.8 Å². The van der Waals surface area contributed by atoms with Gasteiger partial charge in [0.15, 0.2) is 6.61 Å². The number of aryl methyl sites for hydroxylation is 2. The second-order valence-electron chi connectivity index (χ2n) is 5.14. The van der Waals surface area contributed by atoms with Gasteiger partial charge in [0.25, 0.3) is 5.91 Å². The zero-order valence-corrected chi connectivity index (χ0v) is 13.3. The van der Waals surface area contributed by atoms with Gasteiger partial charge < -0.3 is 4.74 Å². The number of allylic oxidation sites excluding steroid dienone is 1. The van der Waals surface area contributed by atoms with Crippen LogP contribution in [0.4, 0.5) is 0 Å². The highest BCUT2D eigenvalue weighted by Gasteiger charge is 2.03. The van der Waals surface area contributed by atoms with Crippen molar-refractivity contribution in [1.82, 2.24) is 5.43 Å². The van der Waals surface area contributed by atoms with E-state index < -0.39 is 0 Å². The molecule has 0 radical (unpaired) electrons. The monoisotopic (exact) mass is 308 g/mol. The first kappa shape index (κ1) is 16.5. The molecule has 2 aromatic carbocycles. The Morgan fingerprint density at radius 2 is 1.96 bits per heavy atom. The molecule has 0 saturated carbocycles. The Labute approximate surface area is 136 Å². The molecule has 0 aliphatic heterocycles. The average Bonchev–Trinajstić information content (AvgIpc) is 2.56. The van der Waals surface area contributed by atoms with E-state index in [0.717, 1.165) is 16.7 Å². The van der Waals surface area contributed by atoms with Gasteiger partial charge in [0.05, 0.1) is 0 Å². The van der Waals surface area contributed by atoms with Gasteiger partial charge in [-0.25, -0.2) is 5.43 Å². The maximum atomic E-state index is 11.7. The van der Waals surface area contributed by atoms with Gasteiger partial charge in [-0.2, -0.15) is 5.10 Å². The van der Waals surface area contributed by atoms with E-state index in [1.54, 1.807) is 6.08 Å². The molecule has 4 nitrogen and oxygen atoms in total. The Balaban J connectivity index is 1.76. The Kier molecular flexibility index (Phi) is 6.12. The summed E-state index contributed by atoms with van der Waals surface area (Å²) in [6.07, 6.45) is 5.20. The van der Waals surface area contributed by atoms with Gasteiger partial charge in [0, 0.05) is 6.21 Å². The van der Waals surface area contributed by atoms with E-state index in [2.05, 4.69) is 10.5 Å². The molecule has 118 valence electrons. The minimum atomic E-state index is -0.296. The van der Waals surface area contributed by atoms with E-state index in [0.29, 0.717) is 5.75 Å². The minimum absolute atomic E-state index is 0.0654. The highest BCUT2D eigenvalue weighted by Crippen LogP contribution is 2.18. The van der Waals surface area contributed by atoms with Crippen LogP contribution in [-0.4, -0.2) is 18.7 Å². The number of nitrogens with one attached hydrogen (secondary N) is 1. The first-order valence-electron chi connectivity index (χ1n) is 7.39. The van der Waals surface area contributed by atoms with Gasteiger partial charge in [0.2, 0.25) is 0 Å². The summed E-state index contributed by atoms with van der Waals surface area (Å²) >= 11 is 0. The van der Waals surface area contributed by atoms with Gasteiger partial charge in [-0.15, -0.1) is 0 Å².